The predicted octanol–water partition coefficient (Wildman–Crippen LogP) is 6.76. The summed E-state index contributed by atoms with van der Waals surface area (Å²) in [5, 5.41) is 2.91. The number of hydrogen-bond acceptors (Lipinski definition) is 6. The molecule has 0 atom stereocenters. The number of carbonyl (C=O) groups is 3. The summed E-state index contributed by atoms with van der Waals surface area (Å²) in [6.45, 7) is 2.17. The Kier molecular flexibility index (Phi) is 8.91. The summed E-state index contributed by atoms with van der Waals surface area (Å²) in [6.07, 6.45) is 1.64. The smallest absolute Gasteiger partial charge is 0.293 e. The third-order valence-electron chi connectivity index (χ3n) is 5.16. The molecule has 4 rings (SSSR count). The third kappa shape index (κ3) is 7.15. The van der Waals surface area contributed by atoms with E-state index in [9.17, 15) is 14.4 Å². The van der Waals surface area contributed by atoms with E-state index in [2.05, 4.69) is 21.2 Å². The van der Waals surface area contributed by atoms with Gasteiger partial charge in [0.1, 0.15) is 0 Å². The molecule has 1 aliphatic heterocycles. The lowest BCUT2D eigenvalue weighted by molar-refractivity contribution is -0.123. The maximum Gasteiger partial charge on any atom is 0.293 e. The number of imide groups is 1. The fourth-order valence-electron chi connectivity index (χ4n) is 3.47. The molecule has 37 heavy (non-hydrogen) atoms. The highest BCUT2D eigenvalue weighted by Crippen LogP contribution is 2.35. The second kappa shape index (κ2) is 12.3. The number of halogens is 2. The van der Waals surface area contributed by atoms with Crippen LogP contribution in [-0.2, 0) is 16.1 Å². The van der Waals surface area contributed by atoms with Crippen LogP contribution in [0, 0.1) is 0 Å². The van der Waals surface area contributed by atoms with Crippen molar-refractivity contribution in [3.05, 3.63) is 92.3 Å². The number of anilines is 1. The van der Waals surface area contributed by atoms with Gasteiger partial charge in [-0.1, -0.05) is 51.8 Å². The Labute approximate surface area is 231 Å². The molecular weight excluding hydrogens is 580 g/mol. The first-order valence-corrected chi connectivity index (χ1v) is 13.3. The van der Waals surface area contributed by atoms with Crippen molar-refractivity contribution in [2.75, 3.05) is 18.5 Å². The van der Waals surface area contributed by atoms with Gasteiger partial charge in [-0.05, 0) is 78.4 Å². The van der Waals surface area contributed by atoms with Crippen LogP contribution in [0.3, 0.4) is 0 Å². The molecule has 7 nitrogen and oxygen atoms in total. The molecule has 0 bridgehead atoms. The van der Waals surface area contributed by atoms with Gasteiger partial charge in [-0.2, -0.15) is 0 Å². The minimum atomic E-state index is -0.353. The van der Waals surface area contributed by atoms with Crippen molar-refractivity contribution in [1.29, 1.82) is 0 Å². The molecule has 1 saturated heterocycles. The van der Waals surface area contributed by atoms with E-state index >= 15 is 0 Å². The van der Waals surface area contributed by atoms with Crippen molar-refractivity contribution < 1.29 is 23.9 Å². The lowest BCUT2D eigenvalue weighted by atomic mass is 10.1. The van der Waals surface area contributed by atoms with E-state index in [1.165, 1.54) is 4.90 Å². The van der Waals surface area contributed by atoms with Crippen LogP contribution in [0.2, 0.25) is 5.02 Å². The summed E-state index contributed by atoms with van der Waals surface area (Å²) < 4.78 is 12.3. The lowest BCUT2D eigenvalue weighted by Gasteiger charge is -2.13. The molecule has 10 heteroatoms. The standard InChI is InChI=1S/C27H22BrClN2O5S/c1-2-35-23-12-18(8-11-22(23)36-16-25(32)30-21-5-3-4-20(29)14-21)13-24-26(33)31(27(34)37-24)15-17-6-9-19(28)10-7-17/h3-14H,2,15-16H2,1H3,(H,30,32)/b24-13-. The Bertz CT molecular complexity index is 1360. The van der Waals surface area contributed by atoms with E-state index in [1.54, 1.807) is 48.5 Å². The summed E-state index contributed by atoms with van der Waals surface area (Å²) in [7, 11) is 0. The summed E-state index contributed by atoms with van der Waals surface area (Å²) in [6, 6.07) is 19.4. The van der Waals surface area contributed by atoms with Gasteiger partial charge in [0, 0.05) is 15.2 Å². The molecule has 1 aliphatic rings. The average Bonchev–Trinajstić information content (AvgIpc) is 3.12. The molecular formula is C27H22BrClN2O5S. The molecule has 3 aromatic rings. The molecule has 1 fully saturated rings. The summed E-state index contributed by atoms with van der Waals surface area (Å²) in [4.78, 5) is 39.3. The minimum absolute atomic E-state index is 0.198. The first-order chi connectivity index (χ1) is 17.8. The van der Waals surface area contributed by atoms with Gasteiger partial charge in [0.05, 0.1) is 18.1 Å². The van der Waals surface area contributed by atoms with E-state index in [0.717, 1.165) is 21.8 Å². The predicted molar refractivity (Wildman–Crippen MR) is 149 cm³/mol. The fraction of sp³-hybridized carbons (Fsp3) is 0.148. The number of nitrogens with one attached hydrogen (secondary N) is 1. The summed E-state index contributed by atoms with van der Waals surface area (Å²) in [5.41, 5.74) is 2.08. The first kappa shape index (κ1) is 26.8. The average molecular weight is 602 g/mol. The van der Waals surface area contributed by atoms with E-state index in [0.29, 0.717) is 39.3 Å². The number of carbonyl (C=O) groups excluding carboxylic acids is 3. The molecule has 3 aromatic carbocycles. The molecule has 1 heterocycles. The van der Waals surface area contributed by atoms with Crippen molar-refractivity contribution in [1.82, 2.24) is 4.90 Å². The molecule has 0 spiro atoms. The molecule has 0 saturated carbocycles. The van der Waals surface area contributed by atoms with Crippen molar-refractivity contribution in [2.45, 2.75) is 13.5 Å². The Morgan fingerprint density at radius 1 is 1.05 bits per heavy atom. The second-order valence-electron chi connectivity index (χ2n) is 7.88. The van der Waals surface area contributed by atoms with Crippen molar-refractivity contribution in [3.63, 3.8) is 0 Å². The van der Waals surface area contributed by atoms with Crippen LogP contribution >= 0.6 is 39.3 Å². The van der Waals surface area contributed by atoms with E-state index in [4.69, 9.17) is 21.1 Å². The van der Waals surface area contributed by atoms with Crippen LogP contribution in [0.5, 0.6) is 11.5 Å². The number of benzene rings is 3. The summed E-state index contributed by atoms with van der Waals surface area (Å²) in [5.74, 6) is 0.0895. The van der Waals surface area contributed by atoms with E-state index in [-0.39, 0.29) is 30.2 Å². The van der Waals surface area contributed by atoms with Crippen molar-refractivity contribution in [3.8, 4) is 11.5 Å². The van der Waals surface area contributed by atoms with Gasteiger partial charge in [-0.25, -0.2) is 0 Å². The summed E-state index contributed by atoms with van der Waals surface area (Å²) >= 11 is 10.2. The van der Waals surface area contributed by atoms with Gasteiger partial charge in [-0.3, -0.25) is 19.3 Å². The molecule has 0 aromatic heterocycles. The molecule has 0 aliphatic carbocycles. The van der Waals surface area contributed by atoms with E-state index in [1.807, 2.05) is 31.2 Å². The van der Waals surface area contributed by atoms with Gasteiger partial charge in [-0.15, -0.1) is 0 Å². The number of rotatable bonds is 9. The zero-order valence-electron chi connectivity index (χ0n) is 19.7. The Balaban J connectivity index is 1.44. The number of amides is 3. The Hall–Kier alpha value is -3.27. The normalized spacial score (nSPS) is 14.2. The van der Waals surface area contributed by atoms with Crippen LogP contribution in [0.25, 0.3) is 6.08 Å². The van der Waals surface area contributed by atoms with Gasteiger partial charge in [0.15, 0.2) is 18.1 Å². The molecule has 3 amide bonds. The number of ether oxygens (including phenoxy) is 2. The first-order valence-electron chi connectivity index (χ1n) is 11.3. The Morgan fingerprint density at radius 2 is 1.84 bits per heavy atom. The quantitative estimate of drug-likeness (QED) is 0.273. The van der Waals surface area contributed by atoms with Crippen LogP contribution in [-0.4, -0.2) is 35.2 Å². The highest BCUT2D eigenvalue weighted by molar-refractivity contribution is 9.10. The number of thioether (sulfide) groups is 1. The molecule has 1 N–H and O–H groups in total. The highest BCUT2D eigenvalue weighted by Gasteiger charge is 2.35. The second-order valence-corrected chi connectivity index (χ2v) is 10.2. The van der Waals surface area contributed by atoms with Crippen LogP contribution < -0.4 is 14.8 Å². The molecule has 190 valence electrons. The van der Waals surface area contributed by atoms with Gasteiger partial charge < -0.3 is 14.8 Å². The SMILES string of the molecule is CCOc1cc(/C=C2\SC(=O)N(Cc3ccc(Br)cc3)C2=O)ccc1OCC(=O)Nc1cccc(Cl)c1. The zero-order chi connectivity index (χ0) is 26.4. The largest absolute Gasteiger partial charge is 0.490 e. The van der Waals surface area contributed by atoms with Crippen LogP contribution in [0.1, 0.15) is 18.1 Å². The molecule has 0 unspecified atom stereocenters. The van der Waals surface area contributed by atoms with Crippen LogP contribution in [0.4, 0.5) is 10.5 Å². The monoisotopic (exact) mass is 600 g/mol. The van der Waals surface area contributed by atoms with Crippen LogP contribution in [0.15, 0.2) is 76.1 Å². The maximum atomic E-state index is 12.9. The fourth-order valence-corrected chi connectivity index (χ4v) is 4.76. The Morgan fingerprint density at radius 3 is 2.57 bits per heavy atom. The number of hydrogen-bond donors (Lipinski definition) is 1. The van der Waals surface area contributed by atoms with Gasteiger partial charge in [0.25, 0.3) is 17.1 Å². The van der Waals surface area contributed by atoms with Gasteiger partial charge >= 0.3 is 0 Å². The third-order valence-corrected chi connectivity index (χ3v) is 6.83. The van der Waals surface area contributed by atoms with Crippen molar-refractivity contribution in [2.24, 2.45) is 0 Å². The molecule has 0 radical (unpaired) electrons. The van der Waals surface area contributed by atoms with E-state index < -0.39 is 0 Å². The highest BCUT2D eigenvalue weighted by atomic mass is 79.9. The van der Waals surface area contributed by atoms with Gasteiger partial charge in [0.2, 0.25) is 0 Å². The number of nitrogens with zero attached hydrogens (tertiary/aromatic N) is 1. The maximum absolute atomic E-state index is 12.9. The topological polar surface area (TPSA) is 84.9 Å². The lowest BCUT2D eigenvalue weighted by Crippen LogP contribution is -2.27. The zero-order valence-corrected chi connectivity index (χ0v) is 22.9. The minimum Gasteiger partial charge on any atom is -0.490 e. The van der Waals surface area contributed by atoms with Crippen molar-refractivity contribution >= 4 is 68.1 Å².